The zero-order valence-corrected chi connectivity index (χ0v) is 13.7. The molecule has 0 aliphatic heterocycles. The van der Waals surface area contributed by atoms with E-state index in [4.69, 9.17) is 4.74 Å². The topological polar surface area (TPSA) is 50.4 Å². The van der Waals surface area contributed by atoms with Crippen molar-refractivity contribution < 1.29 is 13.9 Å². The van der Waals surface area contributed by atoms with Gasteiger partial charge in [-0.2, -0.15) is 0 Å². The molecule has 5 heteroatoms. The average Bonchev–Trinajstić information content (AvgIpc) is 3.07. The molecule has 0 spiro atoms. The van der Waals surface area contributed by atoms with Crippen LogP contribution in [-0.2, 0) is 11.2 Å². The molecule has 4 nitrogen and oxygen atoms in total. The van der Waals surface area contributed by atoms with Crippen molar-refractivity contribution in [1.82, 2.24) is 10.6 Å². The van der Waals surface area contributed by atoms with Gasteiger partial charge in [-0.1, -0.05) is 12.1 Å². The number of hydrogen-bond donors (Lipinski definition) is 2. The van der Waals surface area contributed by atoms with E-state index in [-0.39, 0.29) is 30.0 Å². The minimum atomic E-state index is -0.474. The van der Waals surface area contributed by atoms with Gasteiger partial charge in [0.15, 0.2) is 0 Å². The number of benzene rings is 1. The van der Waals surface area contributed by atoms with Gasteiger partial charge in [0.05, 0.1) is 0 Å². The third-order valence-electron chi connectivity index (χ3n) is 3.45. The van der Waals surface area contributed by atoms with Gasteiger partial charge in [0.2, 0.25) is 0 Å². The van der Waals surface area contributed by atoms with Crippen LogP contribution in [0.25, 0.3) is 0 Å². The van der Waals surface area contributed by atoms with Crippen LogP contribution in [0, 0.1) is 5.82 Å². The quantitative estimate of drug-likeness (QED) is 0.879. The van der Waals surface area contributed by atoms with Gasteiger partial charge >= 0.3 is 6.09 Å². The van der Waals surface area contributed by atoms with Crippen LogP contribution < -0.4 is 10.6 Å². The number of hydrogen-bond acceptors (Lipinski definition) is 3. The van der Waals surface area contributed by atoms with Crippen LogP contribution in [0.15, 0.2) is 24.3 Å². The molecular formula is C17H25FN2O2. The van der Waals surface area contributed by atoms with Gasteiger partial charge in [0.1, 0.15) is 11.4 Å². The number of rotatable bonds is 5. The number of carbonyl (C=O) groups is 1. The molecule has 0 heterocycles. The lowest BCUT2D eigenvalue weighted by Gasteiger charge is -2.20. The number of halogens is 1. The highest BCUT2D eigenvalue weighted by atomic mass is 19.1. The molecule has 0 bridgehead atoms. The van der Waals surface area contributed by atoms with Crippen LogP contribution in [0.4, 0.5) is 9.18 Å². The normalized spacial score (nSPS) is 22.0. The van der Waals surface area contributed by atoms with E-state index in [0.717, 1.165) is 18.4 Å². The first-order valence-corrected chi connectivity index (χ1v) is 7.73. The average molecular weight is 308 g/mol. The summed E-state index contributed by atoms with van der Waals surface area (Å²) in [7, 11) is 0. The molecule has 1 aromatic carbocycles. The van der Waals surface area contributed by atoms with Gasteiger partial charge < -0.3 is 15.4 Å². The van der Waals surface area contributed by atoms with Gasteiger partial charge in [0, 0.05) is 18.1 Å². The van der Waals surface area contributed by atoms with E-state index in [2.05, 4.69) is 17.6 Å². The molecule has 0 radical (unpaired) electrons. The molecule has 1 amide bonds. The number of ether oxygens (including phenoxy) is 1. The standard InChI is InChI=1S/C17H25FN2O2/c1-11(9-12-5-7-13(18)8-6-12)19-14-10-15(14)20-16(21)22-17(2,3)4/h5-8,11,14-15,19H,9-10H2,1-4H3,(H,20,21). The van der Waals surface area contributed by atoms with Crippen molar-refractivity contribution in [2.45, 2.75) is 64.3 Å². The first-order valence-electron chi connectivity index (χ1n) is 7.73. The molecule has 22 heavy (non-hydrogen) atoms. The van der Waals surface area contributed by atoms with E-state index >= 15 is 0 Å². The van der Waals surface area contributed by atoms with Crippen LogP contribution >= 0.6 is 0 Å². The third-order valence-corrected chi connectivity index (χ3v) is 3.45. The Hall–Kier alpha value is -1.62. The van der Waals surface area contributed by atoms with Crippen molar-refractivity contribution >= 4 is 6.09 Å². The molecule has 2 N–H and O–H groups in total. The van der Waals surface area contributed by atoms with Crippen LogP contribution in [0.3, 0.4) is 0 Å². The summed E-state index contributed by atoms with van der Waals surface area (Å²) in [5, 5.41) is 6.34. The zero-order valence-electron chi connectivity index (χ0n) is 13.7. The van der Waals surface area contributed by atoms with Crippen LogP contribution in [0.1, 0.15) is 39.7 Å². The summed E-state index contributed by atoms with van der Waals surface area (Å²) in [4.78, 5) is 11.7. The fraction of sp³-hybridized carbons (Fsp3) is 0.588. The summed E-state index contributed by atoms with van der Waals surface area (Å²) in [6, 6.07) is 7.24. The lowest BCUT2D eigenvalue weighted by atomic mass is 10.1. The second-order valence-electron chi connectivity index (χ2n) is 6.99. The highest BCUT2D eigenvalue weighted by molar-refractivity contribution is 5.68. The smallest absolute Gasteiger partial charge is 0.407 e. The lowest BCUT2D eigenvalue weighted by Crippen LogP contribution is -2.39. The predicted molar refractivity (Wildman–Crippen MR) is 84.3 cm³/mol. The zero-order chi connectivity index (χ0) is 16.3. The Kier molecular flexibility index (Phi) is 5.06. The molecule has 1 saturated carbocycles. The van der Waals surface area contributed by atoms with E-state index in [0.29, 0.717) is 0 Å². The van der Waals surface area contributed by atoms with Gasteiger partial charge in [0.25, 0.3) is 0 Å². The second kappa shape index (κ2) is 6.65. The molecule has 122 valence electrons. The third kappa shape index (κ3) is 5.64. The summed E-state index contributed by atoms with van der Waals surface area (Å²) in [6.07, 6.45) is 1.37. The first-order chi connectivity index (χ1) is 10.2. The molecule has 2 rings (SSSR count). The Labute approximate surface area is 131 Å². The molecule has 0 saturated heterocycles. The first kappa shape index (κ1) is 16.7. The Morgan fingerprint density at radius 1 is 1.32 bits per heavy atom. The van der Waals surface area contributed by atoms with Crippen molar-refractivity contribution in [1.29, 1.82) is 0 Å². The molecular weight excluding hydrogens is 283 g/mol. The number of nitrogens with one attached hydrogen (secondary N) is 2. The minimum absolute atomic E-state index is 0.130. The Morgan fingerprint density at radius 3 is 2.55 bits per heavy atom. The van der Waals surface area contributed by atoms with Crippen LogP contribution in [-0.4, -0.2) is 29.8 Å². The fourth-order valence-corrected chi connectivity index (χ4v) is 2.40. The van der Waals surface area contributed by atoms with Gasteiger partial charge in [-0.25, -0.2) is 9.18 Å². The van der Waals surface area contributed by atoms with Crippen LogP contribution in [0.2, 0.25) is 0 Å². The SMILES string of the molecule is CC(Cc1ccc(F)cc1)NC1CC1NC(=O)OC(C)(C)C. The minimum Gasteiger partial charge on any atom is -0.444 e. The van der Waals surface area contributed by atoms with Crippen molar-refractivity contribution in [2.24, 2.45) is 0 Å². The van der Waals surface area contributed by atoms with E-state index in [1.165, 1.54) is 12.1 Å². The summed E-state index contributed by atoms with van der Waals surface area (Å²) in [5.41, 5.74) is 0.622. The summed E-state index contributed by atoms with van der Waals surface area (Å²) >= 11 is 0. The Bertz CT molecular complexity index is 510. The second-order valence-corrected chi connectivity index (χ2v) is 6.99. The van der Waals surface area contributed by atoms with Crippen molar-refractivity contribution in [3.8, 4) is 0 Å². The van der Waals surface area contributed by atoms with Gasteiger partial charge in [-0.05, 0) is 58.2 Å². The monoisotopic (exact) mass is 308 g/mol. The lowest BCUT2D eigenvalue weighted by molar-refractivity contribution is 0.0522. The highest BCUT2D eigenvalue weighted by Gasteiger charge is 2.39. The van der Waals surface area contributed by atoms with E-state index in [1.807, 2.05) is 20.8 Å². The van der Waals surface area contributed by atoms with Gasteiger partial charge in [-0.3, -0.25) is 0 Å². The van der Waals surface area contributed by atoms with Gasteiger partial charge in [-0.15, -0.1) is 0 Å². The maximum Gasteiger partial charge on any atom is 0.407 e. The maximum atomic E-state index is 12.9. The number of amides is 1. The highest BCUT2D eigenvalue weighted by Crippen LogP contribution is 2.23. The van der Waals surface area contributed by atoms with E-state index in [9.17, 15) is 9.18 Å². The Morgan fingerprint density at radius 2 is 1.95 bits per heavy atom. The van der Waals surface area contributed by atoms with E-state index < -0.39 is 5.60 Å². The molecule has 0 aromatic heterocycles. The number of alkyl carbamates (subject to hydrolysis) is 1. The molecule has 1 aliphatic carbocycles. The van der Waals surface area contributed by atoms with Crippen LogP contribution in [0.5, 0.6) is 0 Å². The van der Waals surface area contributed by atoms with Crippen molar-refractivity contribution in [2.75, 3.05) is 0 Å². The maximum absolute atomic E-state index is 12.9. The summed E-state index contributed by atoms with van der Waals surface area (Å²) in [6.45, 7) is 7.63. The number of carbonyl (C=O) groups excluding carboxylic acids is 1. The predicted octanol–water partition coefficient (Wildman–Crippen LogP) is 3.01. The summed E-state index contributed by atoms with van der Waals surface area (Å²) in [5.74, 6) is -0.215. The Balaban J connectivity index is 1.70. The molecule has 1 aromatic rings. The van der Waals surface area contributed by atoms with Crippen molar-refractivity contribution in [3.63, 3.8) is 0 Å². The largest absolute Gasteiger partial charge is 0.444 e. The molecule has 1 aliphatic rings. The van der Waals surface area contributed by atoms with Crippen molar-refractivity contribution in [3.05, 3.63) is 35.6 Å². The summed E-state index contributed by atoms with van der Waals surface area (Å²) < 4.78 is 18.1. The molecule has 1 fully saturated rings. The molecule has 3 atom stereocenters. The van der Waals surface area contributed by atoms with E-state index in [1.54, 1.807) is 12.1 Å². The molecule has 3 unspecified atom stereocenters. The fourth-order valence-electron chi connectivity index (χ4n) is 2.40.